The van der Waals surface area contributed by atoms with Gasteiger partial charge in [0.2, 0.25) is 15.9 Å². The number of benzene rings is 1. The summed E-state index contributed by atoms with van der Waals surface area (Å²) in [6.07, 6.45) is 0. The molecule has 0 aliphatic carbocycles. The highest BCUT2D eigenvalue weighted by atomic mass is 35.5. The summed E-state index contributed by atoms with van der Waals surface area (Å²) >= 11 is 0. The van der Waals surface area contributed by atoms with Crippen LogP contribution in [0.3, 0.4) is 0 Å². The molecule has 0 aromatic heterocycles. The number of halogens is 1. The van der Waals surface area contributed by atoms with Crippen LogP contribution in [-0.4, -0.2) is 27.4 Å². The number of nitrogens with two attached hydrogens (primary N) is 1. The van der Waals surface area contributed by atoms with Crippen molar-refractivity contribution in [1.82, 2.24) is 4.72 Å². The number of carbonyl (C=O) groups excluding carboxylic acids is 1. The number of rotatable bonds is 4. The minimum Gasteiger partial charge on any atom is -0.324 e. The summed E-state index contributed by atoms with van der Waals surface area (Å²) in [6, 6.07) is 4.01. The third kappa shape index (κ3) is 4.17. The zero-order chi connectivity index (χ0) is 13.9. The zero-order valence-corrected chi connectivity index (χ0v) is 12.6. The number of carbonyl (C=O) groups is 1. The molecule has 1 aromatic carbocycles. The largest absolute Gasteiger partial charge is 0.324 e. The molecular formula is C11H18ClN3O3S. The smallest absolute Gasteiger partial charge is 0.241 e. The molecule has 108 valence electrons. The van der Waals surface area contributed by atoms with E-state index in [1.165, 1.54) is 13.1 Å². The van der Waals surface area contributed by atoms with Gasteiger partial charge in [-0.1, -0.05) is 6.07 Å². The Balaban J connectivity index is 0.00000324. The van der Waals surface area contributed by atoms with Crippen molar-refractivity contribution < 1.29 is 13.2 Å². The van der Waals surface area contributed by atoms with E-state index in [0.29, 0.717) is 11.3 Å². The second-order valence-corrected chi connectivity index (χ2v) is 5.77. The maximum Gasteiger partial charge on any atom is 0.241 e. The third-order valence-corrected chi connectivity index (χ3v) is 4.07. The van der Waals surface area contributed by atoms with Gasteiger partial charge in [-0.05, 0) is 38.6 Å². The minimum atomic E-state index is -3.54. The second-order valence-electron chi connectivity index (χ2n) is 3.91. The Morgan fingerprint density at radius 1 is 1.37 bits per heavy atom. The van der Waals surface area contributed by atoms with Crippen molar-refractivity contribution >= 4 is 34.0 Å². The number of hydrogen-bond donors (Lipinski definition) is 3. The fourth-order valence-electron chi connectivity index (χ4n) is 1.40. The highest BCUT2D eigenvalue weighted by molar-refractivity contribution is 7.89. The minimum absolute atomic E-state index is 0. The van der Waals surface area contributed by atoms with Gasteiger partial charge in [-0.2, -0.15) is 0 Å². The number of anilines is 1. The van der Waals surface area contributed by atoms with Crippen molar-refractivity contribution in [3.63, 3.8) is 0 Å². The van der Waals surface area contributed by atoms with Gasteiger partial charge in [-0.15, -0.1) is 12.4 Å². The molecule has 0 fully saturated rings. The lowest BCUT2D eigenvalue weighted by Crippen LogP contribution is -2.32. The van der Waals surface area contributed by atoms with E-state index in [4.69, 9.17) is 5.73 Å². The Bertz CT molecular complexity index is 558. The summed E-state index contributed by atoms with van der Waals surface area (Å²) in [5, 5.41) is 2.59. The highest BCUT2D eigenvalue weighted by Crippen LogP contribution is 2.22. The molecule has 0 heterocycles. The molecule has 1 rings (SSSR count). The lowest BCUT2D eigenvalue weighted by Gasteiger charge is -2.13. The van der Waals surface area contributed by atoms with E-state index in [-0.39, 0.29) is 23.2 Å². The molecule has 0 saturated heterocycles. The summed E-state index contributed by atoms with van der Waals surface area (Å²) in [5.74, 6) is -0.364. The average Bonchev–Trinajstić information content (AvgIpc) is 2.31. The first-order chi connectivity index (χ1) is 8.29. The van der Waals surface area contributed by atoms with Crippen molar-refractivity contribution in [1.29, 1.82) is 0 Å². The molecule has 0 bridgehead atoms. The van der Waals surface area contributed by atoms with Crippen LogP contribution >= 0.6 is 12.4 Å². The quantitative estimate of drug-likeness (QED) is 0.758. The van der Waals surface area contributed by atoms with Crippen molar-refractivity contribution in [2.75, 3.05) is 12.4 Å². The molecule has 0 aliphatic heterocycles. The van der Waals surface area contributed by atoms with Gasteiger partial charge in [0.15, 0.2) is 0 Å². The van der Waals surface area contributed by atoms with Gasteiger partial charge in [0.05, 0.1) is 10.9 Å². The van der Waals surface area contributed by atoms with Crippen LogP contribution in [0.4, 0.5) is 5.69 Å². The highest BCUT2D eigenvalue weighted by Gasteiger charge is 2.17. The van der Waals surface area contributed by atoms with Crippen molar-refractivity contribution in [3.8, 4) is 0 Å². The summed E-state index contributed by atoms with van der Waals surface area (Å²) in [6.45, 7) is 3.18. The predicted octanol–water partition coefficient (Wildman–Crippen LogP) is 0.611. The van der Waals surface area contributed by atoms with Crippen LogP contribution in [0.15, 0.2) is 23.1 Å². The van der Waals surface area contributed by atoms with Crippen LogP contribution in [0.2, 0.25) is 0 Å². The Hall–Kier alpha value is -1.15. The van der Waals surface area contributed by atoms with Gasteiger partial charge < -0.3 is 11.1 Å². The molecule has 0 saturated carbocycles. The molecule has 1 atom stereocenters. The topological polar surface area (TPSA) is 101 Å². The van der Waals surface area contributed by atoms with Gasteiger partial charge in [0.1, 0.15) is 0 Å². The fourth-order valence-corrected chi connectivity index (χ4v) is 2.39. The van der Waals surface area contributed by atoms with E-state index in [2.05, 4.69) is 10.0 Å². The first kappa shape index (κ1) is 17.8. The first-order valence-electron chi connectivity index (χ1n) is 5.39. The number of nitrogens with one attached hydrogen (secondary N) is 2. The SMILES string of the molecule is CNS(=O)(=O)c1cccc(NC(=O)[C@H](C)N)c1C.Cl. The van der Waals surface area contributed by atoms with Gasteiger partial charge in [0, 0.05) is 5.69 Å². The number of hydrogen-bond acceptors (Lipinski definition) is 4. The first-order valence-corrected chi connectivity index (χ1v) is 6.87. The molecule has 4 N–H and O–H groups in total. The fraction of sp³-hybridized carbons (Fsp3) is 0.364. The van der Waals surface area contributed by atoms with Crippen molar-refractivity contribution in [3.05, 3.63) is 23.8 Å². The monoisotopic (exact) mass is 307 g/mol. The molecule has 6 nitrogen and oxygen atoms in total. The van der Waals surface area contributed by atoms with Gasteiger partial charge in [-0.3, -0.25) is 4.79 Å². The molecule has 0 radical (unpaired) electrons. The molecular weight excluding hydrogens is 290 g/mol. The standard InChI is InChI=1S/C11H17N3O3S.ClH/c1-7-9(14-11(15)8(2)12)5-4-6-10(7)18(16,17)13-3;/h4-6,8,13H,12H2,1-3H3,(H,14,15);1H/t8-;/m0./s1. The van der Waals surface area contributed by atoms with E-state index >= 15 is 0 Å². The number of sulfonamides is 1. The average molecular weight is 308 g/mol. The summed E-state index contributed by atoms with van der Waals surface area (Å²) in [7, 11) is -2.20. The van der Waals surface area contributed by atoms with E-state index in [1.807, 2.05) is 0 Å². The summed E-state index contributed by atoms with van der Waals surface area (Å²) in [5.41, 5.74) is 6.35. The van der Waals surface area contributed by atoms with Crippen LogP contribution < -0.4 is 15.8 Å². The molecule has 19 heavy (non-hydrogen) atoms. The predicted molar refractivity (Wildman–Crippen MR) is 77.0 cm³/mol. The van der Waals surface area contributed by atoms with Gasteiger partial charge in [0.25, 0.3) is 0 Å². The zero-order valence-electron chi connectivity index (χ0n) is 10.9. The lowest BCUT2D eigenvalue weighted by atomic mass is 10.2. The Kier molecular flexibility index (Phi) is 6.44. The Morgan fingerprint density at radius 2 is 1.95 bits per heavy atom. The molecule has 1 aromatic rings. The maximum absolute atomic E-state index is 11.7. The lowest BCUT2D eigenvalue weighted by molar-refractivity contribution is -0.117. The van der Waals surface area contributed by atoms with E-state index in [1.54, 1.807) is 26.0 Å². The summed E-state index contributed by atoms with van der Waals surface area (Å²) < 4.78 is 25.7. The van der Waals surface area contributed by atoms with E-state index in [9.17, 15) is 13.2 Å². The Labute approximate surface area is 119 Å². The molecule has 0 unspecified atom stereocenters. The van der Waals surface area contributed by atoms with Crippen molar-refractivity contribution in [2.45, 2.75) is 24.8 Å². The van der Waals surface area contributed by atoms with Crippen LogP contribution in [0, 0.1) is 6.92 Å². The van der Waals surface area contributed by atoms with Crippen LogP contribution in [0.1, 0.15) is 12.5 Å². The van der Waals surface area contributed by atoms with E-state index in [0.717, 1.165) is 0 Å². The molecule has 8 heteroatoms. The van der Waals surface area contributed by atoms with Crippen LogP contribution in [-0.2, 0) is 14.8 Å². The Morgan fingerprint density at radius 3 is 2.42 bits per heavy atom. The molecule has 1 amide bonds. The van der Waals surface area contributed by atoms with E-state index < -0.39 is 16.1 Å². The molecule has 0 spiro atoms. The third-order valence-electron chi connectivity index (χ3n) is 2.51. The van der Waals surface area contributed by atoms with Crippen molar-refractivity contribution in [2.24, 2.45) is 5.73 Å². The van der Waals surface area contributed by atoms with Crippen LogP contribution in [0.5, 0.6) is 0 Å². The molecule has 0 aliphatic rings. The summed E-state index contributed by atoms with van der Waals surface area (Å²) in [4.78, 5) is 11.6. The maximum atomic E-state index is 11.7. The van der Waals surface area contributed by atoms with Gasteiger partial charge in [-0.25, -0.2) is 13.1 Å². The second kappa shape index (κ2) is 6.85. The van der Waals surface area contributed by atoms with Gasteiger partial charge >= 0.3 is 0 Å². The van der Waals surface area contributed by atoms with Crippen LogP contribution in [0.25, 0.3) is 0 Å². The number of amides is 1. The normalized spacial score (nSPS) is 12.4.